The second kappa shape index (κ2) is 6.87. The van der Waals surface area contributed by atoms with Gasteiger partial charge in [-0.25, -0.2) is 0 Å². The highest BCUT2D eigenvalue weighted by molar-refractivity contribution is 9.09. The van der Waals surface area contributed by atoms with Crippen LogP contribution in [0.1, 0.15) is 30.1 Å². The molecule has 0 radical (unpaired) electrons. The predicted molar refractivity (Wildman–Crippen MR) is 73.1 cm³/mol. The second-order valence-electron chi connectivity index (χ2n) is 3.72. The van der Waals surface area contributed by atoms with Crippen molar-refractivity contribution in [2.75, 3.05) is 5.33 Å². The Morgan fingerprint density at radius 3 is 2.82 bits per heavy atom. The molecule has 0 aliphatic rings. The molecule has 0 saturated carbocycles. The minimum absolute atomic E-state index is 0.0179. The van der Waals surface area contributed by atoms with Crippen LogP contribution in [-0.2, 0) is 0 Å². The Labute approximate surface area is 114 Å². The van der Waals surface area contributed by atoms with Crippen LogP contribution in [0.15, 0.2) is 18.2 Å². The summed E-state index contributed by atoms with van der Waals surface area (Å²) < 4.78 is 0. The van der Waals surface area contributed by atoms with Crippen LogP contribution in [-0.4, -0.2) is 22.4 Å². The molecule has 5 heteroatoms. The van der Waals surface area contributed by atoms with Crippen molar-refractivity contribution < 1.29 is 9.90 Å². The van der Waals surface area contributed by atoms with E-state index in [1.165, 1.54) is 12.1 Å². The Hall–Kier alpha value is -0.740. The third-order valence-electron chi connectivity index (χ3n) is 2.50. The molecule has 0 fully saturated rings. The summed E-state index contributed by atoms with van der Waals surface area (Å²) in [4.78, 5) is 11.9. The molecule has 1 atom stereocenters. The lowest BCUT2D eigenvalue weighted by molar-refractivity contribution is 0.0935. The molecule has 1 rings (SSSR count). The van der Waals surface area contributed by atoms with Crippen LogP contribution >= 0.6 is 27.5 Å². The molecule has 17 heavy (non-hydrogen) atoms. The van der Waals surface area contributed by atoms with E-state index < -0.39 is 0 Å². The summed E-state index contributed by atoms with van der Waals surface area (Å²) in [5.41, 5.74) is 0.459. The third kappa shape index (κ3) is 4.21. The molecule has 3 nitrogen and oxygen atoms in total. The first-order chi connectivity index (χ1) is 8.08. The zero-order valence-corrected chi connectivity index (χ0v) is 11.9. The lowest BCUT2D eigenvalue weighted by Gasteiger charge is -2.15. The minimum Gasteiger partial charge on any atom is -0.506 e. The van der Waals surface area contributed by atoms with Gasteiger partial charge in [-0.2, -0.15) is 0 Å². The Morgan fingerprint density at radius 1 is 1.59 bits per heavy atom. The van der Waals surface area contributed by atoms with E-state index in [2.05, 4.69) is 21.2 Å². The van der Waals surface area contributed by atoms with E-state index in [1.807, 2.05) is 6.92 Å². The summed E-state index contributed by atoms with van der Waals surface area (Å²) in [6.07, 6.45) is 1.76. The van der Waals surface area contributed by atoms with E-state index >= 15 is 0 Å². The number of phenols is 1. The average molecular weight is 321 g/mol. The van der Waals surface area contributed by atoms with E-state index in [4.69, 9.17) is 11.6 Å². The van der Waals surface area contributed by atoms with Crippen molar-refractivity contribution in [1.82, 2.24) is 5.32 Å². The number of halogens is 2. The molecule has 2 N–H and O–H groups in total. The zero-order valence-electron chi connectivity index (χ0n) is 9.54. The molecule has 1 aromatic carbocycles. The Morgan fingerprint density at radius 2 is 2.29 bits per heavy atom. The molecule has 1 aromatic rings. The third-order valence-corrected chi connectivity index (χ3v) is 3.26. The molecule has 0 bridgehead atoms. The maximum absolute atomic E-state index is 11.9. The van der Waals surface area contributed by atoms with Crippen LogP contribution < -0.4 is 5.32 Å². The van der Waals surface area contributed by atoms with Gasteiger partial charge in [-0.1, -0.05) is 34.5 Å². The largest absolute Gasteiger partial charge is 0.506 e. The Balaban J connectivity index is 2.72. The van der Waals surface area contributed by atoms with Crippen molar-refractivity contribution in [3.63, 3.8) is 0 Å². The molecule has 1 unspecified atom stereocenters. The topological polar surface area (TPSA) is 49.3 Å². The van der Waals surface area contributed by atoms with Crippen molar-refractivity contribution in [3.05, 3.63) is 28.8 Å². The van der Waals surface area contributed by atoms with Crippen LogP contribution in [0, 0.1) is 0 Å². The maximum Gasteiger partial charge on any atom is 0.251 e. The first-order valence-corrected chi connectivity index (χ1v) is 6.93. The molecule has 1 amide bonds. The van der Waals surface area contributed by atoms with Gasteiger partial charge in [0, 0.05) is 16.9 Å². The van der Waals surface area contributed by atoms with Crippen molar-refractivity contribution in [1.29, 1.82) is 0 Å². The fourth-order valence-corrected chi connectivity index (χ4v) is 2.16. The first kappa shape index (κ1) is 14.3. The Kier molecular flexibility index (Phi) is 5.78. The highest BCUT2D eigenvalue weighted by atomic mass is 79.9. The van der Waals surface area contributed by atoms with Crippen molar-refractivity contribution >= 4 is 33.4 Å². The molecule has 0 heterocycles. The number of nitrogens with one attached hydrogen (secondary N) is 1. The van der Waals surface area contributed by atoms with E-state index in [-0.39, 0.29) is 22.7 Å². The van der Waals surface area contributed by atoms with Crippen LogP contribution in [0.2, 0.25) is 5.02 Å². The SMILES string of the molecule is CCC(CCBr)NC(=O)c1ccc(O)c(Cl)c1. The van der Waals surface area contributed by atoms with E-state index in [0.717, 1.165) is 18.2 Å². The molecule has 0 aromatic heterocycles. The van der Waals surface area contributed by atoms with Gasteiger partial charge in [0.1, 0.15) is 5.75 Å². The minimum atomic E-state index is -0.167. The van der Waals surface area contributed by atoms with Crippen LogP contribution in [0.5, 0.6) is 5.75 Å². The summed E-state index contributed by atoms with van der Waals surface area (Å²) in [6.45, 7) is 2.03. The zero-order chi connectivity index (χ0) is 12.8. The number of carbonyl (C=O) groups excluding carboxylic acids is 1. The standard InChI is InChI=1S/C12H15BrClNO2/c1-2-9(5-6-13)15-12(17)8-3-4-11(16)10(14)7-8/h3-4,7,9,16H,2,5-6H2,1H3,(H,15,17). The number of amides is 1. The lowest BCUT2D eigenvalue weighted by atomic mass is 10.1. The second-order valence-corrected chi connectivity index (χ2v) is 4.92. The lowest BCUT2D eigenvalue weighted by Crippen LogP contribution is -2.34. The van der Waals surface area contributed by atoms with Gasteiger partial charge in [0.15, 0.2) is 0 Å². The van der Waals surface area contributed by atoms with Gasteiger partial charge in [0.25, 0.3) is 5.91 Å². The van der Waals surface area contributed by atoms with E-state index in [9.17, 15) is 9.90 Å². The number of hydrogen-bond donors (Lipinski definition) is 2. The number of alkyl halides is 1. The van der Waals surface area contributed by atoms with Crippen molar-refractivity contribution in [2.24, 2.45) is 0 Å². The van der Waals surface area contributed by atoms with Gasteiger partial charge in [-0.05, 0) is 31.0 Å². The molecular formula is C12H15BrClNO2. The number of phenolic OH excluding ortho intramolecular Hbond substituents is 1. The molecule has 0 aliphatic heterocycles. The van der Waals surface area contributed by atoms with Crippen molar-refractivity contribution in [2.45, 2.75) is 25.8 Å². The number of rotatable bonds is 5. The first-order valence-electron chi connectivity index (χ1n) is 5.43. The fraction of sp³-hybridized carbons (Fsp3) is 0.417. The van der Waals surface area contributed by atoms with Gasteiger partial charge in [-0.15, -0.1) is 0 Å². The molecular weight excluding hydrogens is 305 g/mol. The summed E-state index contributed by atoms with van der Waals surface area (Å²) in [5, 5.41) is 13.2. The molecule has 0 aliphatic carbocycles. The normalized spacial score (nSPS) is 12.2. The highest BCUT2D eigenvalue weighted by Gasteiger charge is 2.12. The van der Waals surface area contributed by atoms with Gasteiger partial charge in [0.05, 0.1) is 5.02 Å². The summed E-state index contributed by atoms with van der Waals surface area (Å²) >= 11 is 9.10. The monoisotopic (exact) mass is 319 g/mol. The number of benzene rings is 1. The van der Waals surface area contributed by atoms with Crippen LogP contribution in [0.4, 0.5) is 0 Å². The van der Waals surface area contributed by atoms with Crippen molar-refractivity contribution in [3.8, 4) is 5.75 Å². The summed E-state index contributed by atoms with van der Waals surface area (Å²) in [7, 11) is 0. The van der Waals surface area contributed by atoms with Gasteiger partial charge in [-0.3, -0.25) is 4.79 Å². The summed E-state index contributed by atoms with van der Waals surface area (Å²) in [5.74, 6) is -0.185. The van der Waals surface area contributed by atoms with E-state index in [1.54, 1.807) is 6.07 Å². The number of carbonyl (C=O) groups is 1. The Bertz CT molecular complexity index is 398. The van der Waals surface area contributed by atoms with Gasteiger partial charge in [0.2, 0.25) is 0 Å². The summed E-state index contributed by atoms with van der Waals surface area (Å²) in [6, 6.07) is 4.59. The van der Waals surface area contributed by atoms with E-state index in [0.29, 0.717) is 5.56 Å². The average Bonchev–Trinajstić information content (AvgIpc) is 2.31. The quantitative estimate of drug-likeness (QED) is 0.818. The molecule has 0 spiro atoms. The van der Waals surface area contributed by atoms with Gasteiger partial charge < -0.3 is 10.4 Å². The predicted octanol–water partition coefficient (Wildman–Crippen LogP) is 3.34. The fourth-order valence-electron chi connectivity index (χ4n) is 1.43. The molecule has 0 saturated heterocycles. The molecule has 94 valence electrons. The highest BCUT2D eigenvalue weighted by Crippen LogP contribution is 2.23. The van der Waals surface area contributed by atoms with Crippen LogP contribution in [0.25, 0.3) is 0 Å². The van der Waals surface area contributed by atoms with Crippen LogP contribution in [0.3, 0.4) is 0 Å². The number of aromatic hydroxyl groups is 1. The van der Waals surface area contributed by atoms with Gasteiger partial charge >= 0.3 is 0 Å². The maximum atomic E-state index is 11.9. The number of hydrogen-bond acceptors (Lipinski definition) is 2. The smallest absolute Gasteiger partial charge is 0.251 e.